The van der Waals surface area contributed by atoms with Gasteiger partial charge in [-0.05, 0) is 0 Å². The molecule has 0 saturated heterocycles. The molecule has 0 bridgehead atoms. The fourth-order valence-corrected chi connectivity index (χ4v) is 15.2. The van der Waals surface area contributed by atoms with Crippen LogP contribution in [0.2, 0.25) is 14.8 Å². The normalized spacial score (nSPS) is 12.6. The van der Waals surface area contributed by atoms with E-state index in [1.807, 2.05) is 34.0 Å². The Morgan fingerprint density at radius 2 is 1.05 bits per heavy atom. The molecular formula is C32H28S4Sn. The maximum absolute atomic E-state index is 2.57. The molecule has 0 amide bonds. The van der Waals surface area contributed by atoms with E-state index < -0.39 is 18.4 Å². The van der Waals surface area contributed by atoms with Crippen molar-refractivity contribution in [2.75, 3.05) is 0 Å². The Morgan fingerprint density at radius 1 is 0.541 bits per heavy atom. The molecule has 0 atom stereocenters. The van der Waals surface area contributed by atoms with Crippen LogP contribution in [0, 0.1) is 20.8 Å². The standard InChI is InChI=1S/C29H19S4.3CH3.Sn/c1-15-4-6-22-18(10-15)13-24(32-22)26-27(25-14-19-11-16(2)5-7-23(19)33-25)29-21(12-17(3)31-29)20-8-9-30-28(20)26;;;;/h4-8,10-14H,1-3H3;3*1H3;. The molecule has 0 saturated carbocycles. The Labute approximate surface area is 238 Å². The molecule has 0 N–H and O–H groups in total. The Kier molecular flexibility index (Phi) is 5.69. The summed E-state index contributed by atoms with van der Waals surface area (Å²) in [6.45, 7) is 6.66. The summed E-state index contributed by atoms with van der Waals surface area (Å²) >= 11 is 5.70. The maximum atomic E-state index is 2.57. The van der Waals surface area contributed by atoms with E-state index in [-0.39, 0.29) is 0 Å². The Morgan fingerprint density at radius 3 is 1.59 bits per heavy atom. The summed E-state index contributed by atoms with van der Waals surface area (Å²) in [6, 6.07) is 23.7. The molecule has 37 heavy (non-hydrogen) atoms. The number of benzene rings is 3. The Bertz CT molecular complexity index is 2000. The zero-order valence-corrected chi connectivity index (χ0v) is 28.0. The Balaban J connectivity index is 1.66. The van der Waals surface area contributed by atoms with Gasteiger partial charge in [0.1, 0.15) is 0 Å². The fourth-order valence-electron chi connectivity index (χ4n) is 5.32. The van der Waals surface area contributed by atoms with Gasteiger partial charge in [0.2, 0.25) is 0 Å². The first-order valence-electron chi connectivity index (χ1n) is 12.7. The Hall–Kier alpha value is -1.70. The molecule has 184 valence electrons. The first-order chi connectivity index (χ1) is 17.7. The molecule has 7 rings (SSSR count). The zero-order chi connectivity index (χ0) is 25.6. The van der Waals surface area contributed by atoms with Crippen molar-refractivity contribution in [3.8, 4) is 20.9 Å². The summed E-state index contributed by atoms with van der Waals surface area (Å²) in [7, 11) is 0. The van der Waals surface area contributed by atoms with Gasteiger partial charge in [-0.3, -0.25) is 0 Å². The van der Waals surface area contributed by atoms with Crippen molar-refractivity contribution in [2.45, 2.75) is 35.6 Å². The minimum atomic E-state index is -2.27. The van der Waals surface area contributed by atoms with Gasteiger partial charge in [-0.1, -0.05) is 0 Å². The van der Waals surface area contributed by atoms with Crippen molar-refractivity contribution in [3.63, 3.8) is 0 Å². The first-order valence-corrected chi connectivity index (χ1v) is 25.9. The van der Waals surface area contributed by atoms with Gasteiger partial charge in [-0.2, -0.15) is 0 Å². The quantitative estimate of drug-likeness (QED) is 0.166. The third-order valence-electron chi connectivity index (χ3n) is 7.16. The van der Waals surface area contributed by atoms with E-state index >= 15 is 0 Å². The number of hydrogen-bond donors (Lipinski definition) is 0. The molecule has 0 aliphatic carbocycles. The van der Waals surface area contributed by atoms with Crippen LogP contribution in [-0.2, 0) is 0 Å². The van der Waals surface area contributed by atoms with Crippen molar-refractivity contribution in [1.82, 2.24) is 0 Å². The van der Waals surface area contributed by atoms with Crippen LogP contribution in [0.4, 0.5) is 0 Å². The molecule has 0 fully saturated rings. The number of rotatable bonds is 3. The first kappa shape index (κ1) is 24.3. The predicted molar refractivity (Wildman–Crippen MR) is 176 cm³/mol. The fraction of sp³-hybridized carbons (Fsp3) is 0.188. The van der Waals surface area contributed by atoms with Crippen LogP contribution in [0.15, 0.2) is 60.7 Å². The number of thiophene rings is 4. The number of fused-ring (bicyclic) bond motifs is 5. The van der Waals surface area contributed by atoms with Gasteiger partial charge >= 0.3 is 240 Å². The third-order valence-corrected chi connectivity index (χ3v) is 21.1. The molecule has 0 unspecified atom stereocenters. The number of aryl methyl sites for hydroxylation is 3. The van der Waals surface area contributed by atoms with Crippen molar-refractivity contribution in [3.05, 3.63) is 76.7 Å². The summed E-state index contributed by atoms with van der Waals surface area (Å²) in [5, 5.41) is 5.63. The van der Waals surface area contributed by atoms with E-state index in [2.05, 4.69) is 108 Å². The number of hydrogen-bond acceptors (Lipinski definition) is 4. The summed E-state index contributed by atoms with van der Waals surface area (Å²) < 4.78 is 7.35. The van der Waals surface area contributed by atoms with Gasteiger partial charge in [0.05, 0.1) is 0 Å². The van der Waals surface area contributed by atoms with Gasteiger partial charge < -0.3 is 0 Å². The second kappa shape index (κ2) is 8.65. The van der Waals surface area contributed by atoms with Gasteiger partial charge in [-0.15, -0.1) is 0 Å². The van der Waals surface area contributed by atoms with Crippen LogP contribution in [0.3, 0.4) is 0 Å². The molecule has 4 aromatic heterocycles. The van der Waals surface area contributed by atoms with E-state index in [0.29, 0.717) is 0 Å². The van der Waals surface area contributed by atoms with Crippen molar-refractivity contribution >= 4 is 107 Å². The second-order valence-corrected chi connectivity index (χ2v) is 31.1. The van der Waals surface area contributed by atoms with Crippen molar-refractivity contribution in [2.24, 2.45) is 0 Å². The topological polar surface area (TPSA) is 0 Å². The zero-order valence-electron chi connectivity index (χ0n) is 21.9. The van der Waals surface area contributed by atoms with E-state index in [1.54, 1.807) is 2.89 Å². The van der Waals surface area contributed by atoms with Gasteiger partial charge in [0, 0.05) is 0 Å². The molecule has 0 radical (unpaired) electrons. The van der Waals surface area contributed by atoms with Crippen LogP contribution in [0.25, 0.3) is 61.2 Å². The summed E-state index contributed by atoms with van der Waals surface area (Å²) in [4.78, 5) is 11.8. The summed E-state index contributed by atoms with van der Waals surface area (Å²) in [5.74, 6) is 0. The van der Waals surface area contributed by atoms with Crippen LogP contribution in [0.1, 0.15) is 16.0 Å². The molecule has 4 heterocycles. The van der Waals surface area contributed by atoms with Gasteiger partial charge in [-0.25, -0.2) is 0 Å². The molecule has 0 aliphatic rings. The van der Waals surface area contributed by atoms with Crippen LogP contribution >= 0.6 is 45.3 Å². The van der Waals surface area contributed by atoms with Gasteiger partial charge in [0.15, 0.2) is 0 Å². The molecule has 5 heteroatoms. The molecule has 3 aromatic carbocycles. The van der Waals surface area contributed by atoms with E-state index in [1.165, 1.54) is 77.2 Å². The molecule has 7 aromatic rings. The predicted octanol–water partition coefficient (Wildman–Crippen LogP) is 11.3. The average molecular weight is 660 g/mol. The van der Waals surface area contributed by atoms with E-state index in [9.17, 15) is 0 Å². The minimum absolute atomic E-state index is 1.32. The van der Waals surface area contributed by atoms with Crippen LogP contribution in [0.5, 0.6) is 0 Å². The molecule has 0 aliphatic heterocycles. The van der Waals surface area contributed by atoms with E-state index in [4.69, 9.17) is 0 Å². The van der Waals surface area contributed by atoms with Crippen LogP contribution < -0.4 is 2.89 Å². The van der Waals surface area contributed by atoms with Crippen molar-refractivity contribution in [1.29, 1.82) is 0 Å². The monoisotopic (exact) mass is 660 g/mol. The summed E-state index contributed by atoms with van der Waals surface area (Å²) in [6.07, 6.45) is 0. The second-order valence-electron chi connectivity index (χ2n) is 11.3. The molecular weight excluding hydrogens is 631 g/mol. The summed E-state index contributed by atoms with van der Waals surface area (Å²) in [5.41, 5.74) is 5.55. The van der Waals surface area contributed by atoms with Crippen molar-refractivity contribution < 1.29 is 0 Å². The van der Waals surface area contributed by atoms with E-state index in [0.717, 1.165) is 0 Å². The third kappa shape index (κ3) is 4.02. The average Bonchev–Trinajstić information content (AvgIpc) is 3.59. The van der Waals surface area contributed by atoms with Crippen LogP contribution in [-0.4, -0.2) is 18.4 Å². The SMILES string of the molecule is Cc1ccc2sc(-c3c(-c4cc5cc(C)ccc5s4)c4s[c]([Sn]([CH3])([CH3])[CH3])cc4c4cc(C)sc34)cc2c1. The molecule has 0 nitrogen and oxygen atoms in total. The molecule has 0 spiro atoms. The van der Waals surface area contributed by atoms with Gasteiger partial charge in [0.25, 0.3) is 0 Å².